The van der Waals surface area contributed by atoms with Gasteiger partial charge in [0.1, 0.15) is 0 Å². The molecule has 2 saturated heterocycles. The lowest BCUT2D eigenvalue weighted by Gasteiger charge is -2.48. The Morgan fingerprint density at radius 1 is 1.38 bits per heavy atom. The van der Waals surface area contributed by atoms with Gasteiger partial charge in [0.2, 0.25) is 0 Å². The minimum absolute atomic E-state index is 0.282. The van der Waals surface area contributed by atoms with Crippen molar-refractivity contribution in [2.75, 3.05) is 39.0 Å². The van der Waals surface area contributed by atoms with Crippen LogP contribution in [0.4, 0.5) is 0 Å². The van der Waals surface area contributed by atoms with Crippen LogP contribution < -0.4 is 5.73 Å². The fraction of sp³-hybridized carbons (Fsp3) is 1.00. The van der Waals surface area contributed by atoms with Gasteiger partial charge in [-0.25, -0.2) is 0 Å². The highest BCUT2D eigenvalue weighted by Crippen LogP contribution is 2.39. The van der Waals surface area contributed by atoms with E-state index in [2.05, 4.69) is 42.5 Å². The molecule has 2 aliphatic heterocycles. The molecule has 0 bridgehead atoms. The van der Waals surface area contributed by atoms with Crippen LogP contribution in [0.5, 0.6) is 0 Å². The van der Waals surface area contributed by atoms with E-state index in [1.165, 1.54) is 31.8 Å². The molecule has 2 aliphatic rings. The third-order valence-electron chi connectivity index (χ3n) is 4.12. The van der Waals surface area contributed by atoms with Gasteiger partial charge in [0.15, 0.2) is 0 Å². The minimum atomic E-state index is 0.282. The molecule has 3 atom stereocenters. The first kappa shape index (κ1) is 12.7. The van der Waals surface area contributed by atoms with Crippen molar-refractivity contribution >= 4 is 11.8 Å². The van der Waals surface area contributed by atoms with Gasteiger partial charge >= 0.3 is 0 Å². The Morgan fingerprint density at radius 2 is 2.12 bits per heavy atom. The summed E-state index contributed by atoms with van der Waals surface area (Å²) in [6.45, 7) is 9.05. The maximum absolute atomic E-state index is 6.09. The second-order valence-corrected chi connectivity index (χ2v) is 6.99. The molecule has 4 heteroatoms. The molecule has 0 amide bonds. The Hall–Kier alpha value is 0.230. The van der Waals surface area contributed by atoms with Crippen LogP contribution in [0, 0.1) is 0 Å². The molecule has 0 aliphatic carbocycles. The fourth-order valence-corrected chi connectivity index (χ4v) is 4.68. The normalized spacial score (nSPS) is 42.8. The van der Waals surface area contributed by atoms with E-state index in [4.69, 9.17) is 5.73 Å². The molecule has 2 N–H and O–H groups in total. The van der Waals surface area contributed by atoms with Crippen LogP contribution in [-0.4, -0.2) is 65.6 Å². The third-order valence-corrected chi connectivity index (χ3v) is 5.56. The highest BCUT2D eigenvalue weighted by Gasteiger charge is 2.44. The van der Waals surface area contributed by atoms with Gasteiger partial charge in [-0.15, -0.1) is 0 Å². The smallest absolute Gasteiger partial charge is 0.0436 e. The Morgan fingerprint density at radius 3 is 2.62 bits per heavy atom. The van der Waals surface area contributed by atoms with E-state index in [0.717, 1.165) is 11.8 Å². The number of likely N-dealkylation sites (N-methyl/N-ethyl adjacent to an activating group) is 1. The zero-order valence-corrected chi connectivity index (χ0v) is 11.6. The number of piperazine rings is 1. The summed E-state index contributed by atoms with van der Waals surface area (Å²) in [5.74, 6) is 1.22. The van der Waals surface area contributed by atoms with Gasteiger partial charge in [-0.05, 0) is 20.4 Å². The zero-order chi connectivity index (χ0) is 11.8. The Balaban J connectivity index is 2.09. The van der Waals surface area contributed by atoms with Crippen molar-refractivity contribution in [3.05, 3.63) is 0 Å². The van der Waals surface area contributed by atoms with Crippen molar-refractivity contribution in [2.24, 2.45) is 5.73 Å². The molecular weight excluding hydrogens is 218 g/mol. The molecule has 2 heterocycles. The lowest BCUT2D eigenvalue weighted by atomic mass is 9.91. The van der Waals surface area contributed by atoms with Crippen LogP contribution in [0.3, 0.4) is 0 Å². The molecule has 3 nitrogen and oxygen atoms in total. The number of hydrogen-bond acceptors (Lipinski definition) is 4. The number of rotatable bonds is 2. The lowest BCUT2D eigenvalue weighted by molar-refractivity contribution is 0.0147. The van der Waals surface area contributed by atoms with Crippen LogP contribution in [0.2, 0.25) is 0 Å². The van der Waals surface area contributed by atoms with E-state index in [1.807, 2.05) is 0 Å². The molecule has 0 spiro atoms. The molecule has 0 aromatic carbocycles. The summed E-state index contributed by atoms with van der Waals surface area (Å²) >= 11 is 2.09. The van der Waals surface area contributed by atoms with E-state index < -0.39 is 0 Å². The third kappa shape index (κ3) is 2.26. The van der Waals surface area contributed by atoms with Gasteiger partial charge in [-0.2, -0.15) is 11.8 Å². The molecule has 0 aromatic heterocycles. The first-order valence-electron chi connectivity index (χ1n) is 6.34. The number of nitrogens with two attached hydrogens (primary N) is 1. The van der Waals surface area contributed by atoms with Crippen LogP contribution in [-0.2, 0) is 0 Å². The molecule has 16 heavy (non-hydrogen) atoms. The Kier molecular flexibility index (Phi) is 3.84. The van der Waals surface area contributed by atoms with E-state index in [0.29, 0.717) is 6.04 Å². The van der Waals surface area contributed by atoms with Crippen molar-refractivity contribution in [1.29, 1.82) is 0 Å². The summed E-state index contributed by atoms with van der Waals surface area (Å²) < 4.78 is 0. The van der Waals surface area contributed by atoms with Crippen LogP contribution in [0.25, 0.3) is 0 Å². The molecule has 94 valence electrons. The number of thioether (sulfide) groups is 1. The number of nitrogens with zero attached hydrogens (tertiary/aromatic N) is 2. The first-order chi connectivity index (χ1) is 7.57. The maximum Gasteiger partial charge on any atom is 0.0436 e. The second kappa shape index (κ2) is 4.84. The Labute approximate surface area is 104 Å². The van der Waals surface area contributed by atoms with Gasteiger partial charge in [0.05, 0.1) is 0 Å². The van der Waals surface area contributed by atoms with Gasteiger partial charge < -0.3 is 10.6 Å². The summed E-state index contributed by atoms with van der Waals surface area (Å²) in [4.78, 5) is 5.11. The summed E-state index contributed by atoms with van der Waals surface area (Å²) in [5.41, 5.74) is 6.37. The minimum Gasteiger partial charge on any atom is -0.329 e. The molecule has 0 radical (unpaired) electrons. The van der Waals surface area contributed by atoms with Crippen LogP contribution in [0.15, 0.2) is 0 Å². The van der Waals surface area contributed by atoms with Gasteiger partial charge in [-0.1, -0.05) is 6.92 Å². The first-order valence-corrected chi connectivity index (χ1v) is 7.39. The SMILES string of the molecule is CC1CC(CN)(N2CCN(C)CC2C)CS1. The molecule has 2 rings (SSSR count). The molecule has 3 unspecified atom stereocenters. The highest BCUT2D eigenvalue weighted by atomic mass is 32.2. The average Bonchev–Trinajstić information content (AvgIpc) is 2.61. The highest BCUT2D eigenvalue weighted by molar-refractivity contribution is 8.00. The molecular formula is C12H25N3S. The standard InChI is InChI=1S/C12H25N3S/c1-10-7-14(3)4-5-15(10)12(8-13)6-11(2)16-9-12/h10-11H,4-9,13H2,1-3H3. The van der Waals surface area contributed by atoms with Crippen molar-refractivity contribution in [3.63, 3.8) is 0 Å². The molecule has 0 saturated carbocycles. The lowest BCUT2D eigenvalue weighted by Crippen LogP contribution is -2.63. The maximum atomic E-state index is 6.09. The fourth-order valence-electron chi connectivity index (χ4n) is 3.25. The predicted octanol–water partition coefficient (Wildman–Crippen LogP) is 0.845. The van der Waals surface area contributed by atoms with E-state index in [9.17, 15) is 0 Å². The van der Waals surface area contributed by atoms with Crippen molar-refractivity contribution < 1.29 is 0 Å². The Bertz CT molecular complexity index is 248. The molecule has 0 aromatic rings. The van der Waals surface area contributed by atoms with Gasteiger partial charge in [0.25, 0.3) is 0 Å². The summed E-state index contributed by atoms with van der Waals surface area (Å²) in [7, 11) is 2.22. The monoisotopic (exact) mass is 243 g/mol. The van der Waals surface area contributed by atoms with Gasteiger partial charge in [0, 0.05) is 48.8 Å². The largest absolute Gasteiger partial charge is 0.329 e. The number of hydrogen-bond donors (Lipinski definition) is 1. The summed E-state index contributed by atoms with van der Waals surface area (Å²) in [6, 6.07) is 0.646. The molecule has 2 fully saturated rings. The van der Waals surface area contributed by atoms with Crippen LogP contribution >= 0.6 is 11.8 Å². The van der Waals surface area contributed by atoms with E-state index in [1.54, 1.807) is 0 Å². The van der Waals surface area contributed by atoms with Crippen molar-refractivity contribution in [2.45, 2.75) is 37.1 Å². The summed E-state index contributed by atoms with van der Waals surface area (Å²) in [6.07, 6.45) is 1.27. The van der Waals surface area contributed by atoms with E-state index in [-0.39, 0.29) is 5.54 Å². The van der Waals surface area contributed by atoms with E-state index >= 15 is 0 Å². The summed E-state index contributed by atoms with van der Waals surface area (Å²) in [5, 5.41) is 0.774. The van der Waals surface area contributed by atoms with Crippen molar-refractivity contribution in [3.8, 4) is 0 Å². The quantitative estimate of drug-likeness (QED) is 0.779. The zero-order valence-electron chi connectivity index (χ0n) is 10.8. The predicted molar refractivity (Wildman–Crippen MR) is 72.0 cm³/mol. The van der Waals surface area contributed by atoms with Gasteiger partial charge in [-0.3, -0.25) is 4.90 Å². The van der Waals surface area contributed by atoms with Crippen LogP contribution in [0.1, 0.15) is 20.3 Å². The van der Waals surface area contributed by atoms with Crippen molar-refractivity contribution in [1.82, 2.24) is 9.80 Å². The second-order valence-electron chi connectivity index (χ2n) is 5.56. The average molecular weight is 243 g/mol. The topological polar surface area (TPSA) is 32.5 Å².